The predicted octanol–water partition coefficient (Wildman–Crippen LogP) is -8.44. The van der Waals surface area contributed by atoms with Gasteiger partial charge in [-0.1, -0.05) is 32.0 Å². The van der Waals surface area contributed by atoms with Crippen molar-refractivity contribution in [3.05, 3.63) is 36.0 Å². The van der Waals surface area contributed by atoms with E-state index in [9.17, 15) is 112 Å². The number of para-hydroxylation sites is 1. The molecule has 0 aliphatic carbocycles. The van der Waals surface area contributed by atoms with Gasteiger partial charge >= 0.3 is 29.8 Å². The standard InChI is InChI=1S/C61H90N16O26/c1-26(21-41(82)83)43-57(95)68-29(4)61(100)103-30(5)44(74-58(96)45(47(86)49(63)87)75-53(91)35(15-16-40(80)81)70-50(88)27(2)20-31-23-65-33-13-9-8-12-32(31)33)59(97)77(6)25-39(79)67-28(3)51(89)72-37(22-42(84)85)55(93)71-34(14-10-11-18-62)52(90)76-46(48(101-7)60(98)99)56(94)66-24-38(78)69-36(17-19-102-64)54(92)73-43/h8-9,12-13,23,26-30,34-37,43-48,65,86H,10-11,14-22,24-25,62,64H2,1-7H3,(H2,63,87)(H,66,94)(H,67,79)(H,68,95)(H,69,78)(H,70,88)(H,71,93)(H,72,89)(H,73,92)(H,74,96)(H,75,91)(H,76,90)(H,80,81)(H,82,83)(H,84,85)(H,98,99). The molecule has 2 aromatic rings. The first kappa shape index (κ1) is 86.2. The van der Waals surface area contributed by atoms with Gasteiger partial charge in [-0.2, -0.15) is 0 Å². The highest BCUT2D eigenvalue weighted by molar-refractivity contribution is 6.02. The number of primary amides is 1. The molecule has 1 aliphatic rings. The first-order valence-electron chi connectivity index (χ1n) is 32.1. The number of esters is 1. The number of carboxylic acids is 4. The van der Waals surface area contributed by atoms with Crippen LogP contribution in [0.2, 0.25) is 0 Å². The Morgan fingerprint density at radius 1 is 0.699 bits per heavy atom. The van der Waals surface area contributed by atoms with Crippen LogP contribution in [0.4, 0.5) is 0 Å². The van der Waals surface area contributed by atoms with Gasteiger partial charge in [0.2, 0.25) is 76.8 Å². The summed E-state index contributed by atoms with van der Waals surface area (Å²) in [7, 11) is 1.73. The van der Waals surface area contributed by atoms with Gasteiger partial charge in [-0.15, -0.1) is 0 Å². The fourth-order valence-electron chi connectivity index (χ4n) is 10.2. The number of fused-ring (bicyclic) bond motifs is 1. The molecule has 0 radical (unpaired) electrons. The number of carboxylic acid groups (broad SMARTS) is 4. The Kier molecular flexibility index (Phi) is 34.9. The van der Waals surface area contributed by atoms with E-state index in [-0.39, 0.29) is 32.2 Å². The molecule has 23 N–H and O–H groups in total. The quantitative estimate of drug-likeness (QED) is 0.0214. The Labute approximate surface area is 587 Å². The Morgan fingerprint density at radius 2 is 1.32 bits per heavy atom. The highest BCUT2D eigenvalue weighted by atomic mass is 16.6. The molecule has 3 rings (SSSR count). The first-order valence-corrected chi connectivity index (χ1v) is 32.1. The fourth-order valence-corrected chi connectivity index (χ4v) is 10.2. The van der Waals surface area contributed by atoms with Gasteiger partial charge in [0.15, 0.2) is 12.2 Å². The Bertz CT molecular complexity index is 3440. The van der Waals surface area contributed by atoms with Crippen LogP contribution in [0.5, 0.6) is 0 Å². The minimum absolute atomic E-state index is 0.0295. The number of aliphatic hydroxyl groups is 1. The lowest BCUT2D eigenvalue weighted by Gasteiger charge is -2.32. The molecule has 2 heterocycles. The largest absolute Gasteiger partial charge is 0.481 e. The first-order chi connectivity index (χ1) is 48.3. The number of carbonyl (C=O) groups excluding carboxylic acids is 14. The Balaban J connectivity index is 2.21. The number of ether oxygens (including phenoxy) is 2. The molecular weight excluding hydrogens is 1370 g/mol. The monoisotopic (exact) mass is 1460 g/mol. The van der Waals surface area contributed by atoms with Crippen molar-refractivity contribution in [1.29, 1.82) is 0 Å². The zero-order valence-electron chi connectivity index (χ0n) is 57.2. The number of benzene rings is 1. The summed E-state index contributed by atoms with van der Waals surface area (Å²) in [6.45, 7) is 2.88. The number of likely N-dealkylation sites (N-methyl/N-ethyl adjacent to an activating group) is 1. The number of aliphatic carboxylic acids is 4. The van der Waals surface area contributed by atoms with Crippen LogP contribution < -0.4 is 75.8 Å². The summed E-state index contributed by atoms with van der Waals surface area (Å²) in [5, 5.41) is 75.1. The van der Waals surface area contributed by atoms with E-state index in [2.05, 4.69) is 63.0 Å². The number of methoxy groups -OCH3 is 1. The van der Waals surface area contributed by atoms with Gasteiger partial charge in [0.05, 0.1) is 32.5 Å². The van der Waals surface area contributed by atoms with Crippen molar-refractivity contribution in [3.63, 3.8) is 0 Å². The van der Waals surface area contributed by atoms with Crippen molar-refractivity contribution in [3.8, 4) is 0 Å². The minimum atomic E-state index is -2.72. The number of hydrogen-bond acceptors (Lipinski definition) is 24. The number of nitrogens with zero attached hydrogens (tertiary/aromatic N) is 1. The molecule has 103 heavy (non-hydrogen) atoms. The number of unbranched alkanes of at least 4 members (excludes halogenated alkanes) is 1. The Morgan fingerprint density at radius 3 is 1.91 bits per heavy atom. The highest BCUT2D eigenvalue weighted by Gasteiger charge is 2.43. The lowest BCUT2D eigenvalue weighted by Crippen LogP contribution is -2.64. The van der Waals surface area contributed by atoms with E-state index >= 15 is 0 Å². The zero-order chi connectivity index (χ0) is 77.7. The second-order valence-corrected chi connectivity index (χ2v) is 24.2. The van der Waals surface area contributed by atoms with Crippen LogP contribution in [0.15, 0.2) is 30.5 Å². The van der Waals surface area contributed by atoms with Gasteiger partial charge in [0, 0.05) is 50.0 Å². The number of rotatable bonds is 28. The average molecular weight is 1460 g/mol. The molecule has 42 nitrogen and oxygen atoms in total. The maximum atomic E-state index is 14.7. The molecule has 1 aromatic heterocycles. The number of hydrogen-bond donors (Lipinski definition) is 20. The van der Waals surface area contributed by atoms with E-state index in [1.807, 2.05) is 5.32 Å². The molecule has 42 heteroatoms. The van der Waals surface area contributed by atoms with Crippen molar-refractivity contribution in [2.45, 2.75) is 171 Å². The fraction of sp³-hybridized carbons (Fsp3) is 0.574. The summed E-state index contributed by atoms with van der Waals surface area (Å²) in [5.74, 6) is -22.6. The number of carbonyl (C=O) groups is 18. The smallest absolute Gasteiger partial charge is 0.335 e. The van der Waals surface area contributed by atoms with E-state index in [1.165, 1.54) is 13.8 Å². The van der Waals surface area contributed by atoms with Crippen LogP contribution in [0, 0.1) is 11.8 Å². The molecule has 15 unspecified atom stereocenters. The summed E-state index contributed by atoms with van der Waals surface area (Å²) in [6.07, 6.45) is -9.41. The normalized spacial score (nSPS) is 23.2. The summed E-state index contributed by atoms with van der Waals surface area (Å²) in [5.41, 5.74) is 12.5. The number of nitrogens with two attached hydrogens (primary N) is 3. The third-order valence-electron chi connectivity index (χ3n) is 15.9. The maximum Gasteiger partial charge on any atom is 0.335 e. The van der Waals surface area contributed by atoms with Crippen molar-refractivity contribution < 1.29 is 126 Å². The molecule has 1 aliphatic heterocycles. The van der Waals surface area contributed by atoms with E-state index < -0.39 is 249 Å². The van der Waals surface area contributed by atoms with Crippen LogP contribution in [-0.4, -0.2) is 261 Å². The molecule has 0 bridgehead atoms. The molecule has 0 spiro atoms. The number of cyclic esters (lactones) is 1. The number of aromatic amines is 1. The van der Waals surface area contributed by atoms with Crippen molar-refractivity contribution >= 4 is 118 Å². The van der Waals surface area contributed by atoms with Gasteiger partial charge in [-0.3, -0.25) is 76.7 Å². The molecule has 15 atom stereocenters. The van der Waals surface area contributed by atoms with Crippen molar-refractivity contribution in [2.24, 2.45) is 29.2 Å². The van der Waals surface area contributed by atoms with Crippen LogP contribution in [0.25, 0.3) is 10.9 Å². The van der Waals surface area contributed by atoms with Gasteiger partial charge in [0.1, 0.15) is 66.5 Å². The predicted molar refractivity (Wildman–Crippen MR) is 350 cm³/mol. The molecule has 0 saturated carbocycles. The second kappa shape index (κ2) is 41.7. The number of nitrogens with one attached hydrogen (secondary N) is 12. The number of H-pyrrole nitrogens is 1. The molecule has 570 valence electrons. The second-order valence-electron chi connectivity index (χ2n) is 24.2. The SMILES string of the molecule is COC(C(=O)O)C1NC(=O)C(CCCCN)NC(=O)C(CC(=O)O)NC(=O)C(C)NC(=O)CN(C)C(=O)C(NC(=O)C(NC(=O)C(CCC(=O)O)NC(=O)C(C)Cc2c[nH]c3ccccc23)C(O)C(N)=O)C(C)OC(=O)C(C)NC(=O)C(C(C)CC(=O)O)NC(=O)C(CCON)NC(=O)CNC1=O. The van der Waals surface area contributed by atoms with Crippen molar-refractivity contribution in [1.82, 2.24) is 68.4 Å². The number of aromatic nitrogens is 1. The molecule has 13 amide bonds. The van der Waals surface area contributed by atoms with Crippen LogP contribution >= 0.6 is 0 Å². The highest BCUT2D eigenvalue weighted by Crippen LogP contribution is 2.22. The van der Waals surface area contributed by atoms with E-state index in [1.54, 1.807) is 30.5 Å². The average Bonchev–Trinajstić information content (AvgIpc) is 1.80. The molecule has 1 aromatic carbocycles. The van der Waals surface area contributed by atoms with E-state index in [4.69, 9.17) is 26.8 Å². The van der Waals surface area contributed by atoms with Crippen LogP contribution in [0.1, 0.15) is 91.5 Å². The maximum absolute atomic E-state index is 14.7. The summed E-state index contributed by atoms with van der Waals surface area (Å²) in [4.78, 5) is 251. The Hall–Kier alpha value is -11.0. The zero-order valence-corrected chi connectivity index (χ0v) is 57.2. The van der Waals surface area contributed by atoms with E-state index in [0.29, 0.717) is 10.5 Å². The van der Waals surface area contributed by atoms with Gasteiger partial charge < -0.3 is 120 Å². The van der Waals surface area contributed by atoms with Crippen molar-refractivity contribution in [2.75, 3.05) is 40.4 Å². The third kappa shape index (κ3) is 27.5. The van der Waals surface area contributed by atoms with Gasteiger partial charge in [0.25, 0.3) is 0 Å². The lowest BCUT2D eigenvalue weighted by molar-refractivity contribution is -0.157. The van der Waals surface area contributed by atoms with Crippen LogP contribution in [-0.2, 0) is 107 Å². The van der Waals surface area contributed by atoms with Gasteiger partial charge in [-0.05, 0) is 77.0 Å². The molecule has 1 fully saturated rings. The molecule has 1 saturated heterocycles. The van der Waals surface area contributed by atoms with Gasteiger partial charge in [-0.25, -0.2) is 15.5 Å². The summed E-state index contributed by atoms with van der Waals surface area (Å²) in [6, 6.07) is -13.1. The lowest BCUT2D eigenvalue weighted by atomic mass is 9.96. The number of aliphatic hydroxyl groups excluding tert-OH is 1. The molecular formula is C61H90N16O26. The third-order valence-corrected chi connectivity index (χ3v) is 15.9. The summed E-state index contributed by atoms with van der Waals surface area (Å²) < 4.78 is 10.5. The topological polar surface area (TPSA) is 666 Å². The minimum Gasteiger partial charge on any atom is -0.481 e. The summed E-state index contributed by atoms with van der Waals surface area (Å²) >= 11 is 0. The van der Waals surface area contributed by atoms with Crippen LogP contribution in [0.3, 0.4) is 0 Å². The van der Waals surface area contributed by atoms with E-state index in [0.717, 1.165) is 45.8 Å². The number of amides is 13.